The number of nitro groups is 1. The van der Waals surface area contributed by atoms with Crippen molar-refractivity contribution in [2.45, 2.75) is 20.4 Å². The molecule has 0 atom stereocenters. The maximum atomic E-state index is 12.3. The first kappa shape index (κ1) is 14.6. The van der Waals surface area contributed by atoms with Crippen LogP contribution < -0.4 is 5.56 Å². The van der Waals surface area contributed by atoms with Crippen molar-refractivity contribution >= 4 is 11.5 Å². The number of carbonyl (C=O) groups is 1. The number of ketones is 1. The third-order valence-corrected chi connectivity index (χ3v) is 3.19. The molecule has 0 bridgehead atoms. The van der Waals surface area contributed by atoms with Crippen LogP contribution >= 0.6 is 0 Å². The third-order valence-electron chi connectivity index (χ3n) is 3.19. The number of benzene rings is 1. The summed E-state index contributed by atoms with van der Waals surface area (Å²) < 4.78 is 1.06. The number of hydrogen-bond acceptors (Lipinski definition) is 4. The van der Waals surface area contributed by atoms with E-state index in [2.05, 4.69) is 0 Å². The molecule has 0 aliphatic heterocycles. The lowest BCUT2D eigenvalue weighted by molar-refractivity contribution is -0.386. The highest BCUT2D eigenvalue weighted by molar-refractivity contribution is 5.97. The highest BCUT2D eigenvalue weighted by atomic mass is 16.6. The summed E-state index contributed by atoms with van der Waals surface area (Å²) in [6, 6.07) is 7.91. The topological polar surface area (TPSA) is 82.2 Å². The highest BCUT2D eigenvalue weighted by Gasteiger charge is 2.16. The second-order valence-corrected chi connectivity index (χ2v) is 4.83. The minimum atomic E-state index is -0.777. The SMILES string of the molecule is Cc1ccc(C(=O)Cn2cccc([N+](=O)[O-])c2=O)c(C)c1. The van der Waals surface area contributed by atoms with Gasteiger partial charge in [0.1, 0.15) is 0 Å². The molecular weight excluding hydrogens is 272 g/mol. The summed E-state index contributed by atoms with van der Waals surface area (Å²) in [5.41, 5.74) is 1.06. The summed E-state index contributed by atoms with van der Waals surface area (Å²) in [7, 11) is 0. The van der Waals surface area contributed by atoms with Crippen molar-refractivity contribution in [3.8, 4) is 0 Å². The van der Waals surface area contributed by atoms with Gasteiger partial charge in [0, 0.05) is 17.8 Å². The van der Waals surface area contributed by atoms with Crippen molar-refractivity contribution in [2.24, 2.45) is 0 Å². The number of rotatable bonds is 4. The minimum absolute atomic E-state index is 0.218. The van der Waals surface area contributed by atoms with E-state index in [1.54, 1.807) is 6.07 Å². The van der Waals surface area contributed by atoms with Crippen LogP contribution in [0.2, 0.25) is 0 Å². The van der Waals surface area contributed by atoms with Gasteiger partial charge in [-0.15, -0.1) is 0 Å². The zero-order valence-electron chi connectivity index (χ0n) is 11.7. The van der Waals surface area contributed by atoms with Crippen molar-refractivity contribution in [1.82, 2.24) is 4.57 Å². The van der Waals surface area contributed by atoms with Gasteiger partial charge in [0.2, 0.25) is 0 Å². The Morgan fingerprint density at radius 1 is 1.29 bits per heavy atom. The molecule has 0 amide bonds. The molecule has 21 heavy (non-hydrogen) atoms. The lowest BCUT2D eigenvalue weighted by Crippen LogP contribution is -2.25. The van der Waals surface area contributed by atoms with E-state index in [1.807, 2.05) is 26.0 Å². The molecular formula is C15H14N2O4. The summed E-state index contributed by atoms with van der Waals surface area (Å²) in [5, 5.41) is 10.7. The molecule has 2 aromatic rings. The van der Waals surface area contributed by atoms with Gasteiger partial charge in [-0.25, -0.2) is 0 Å². The van der Waals surface area contributed by atoms with Gasteiger partial charge in [-0.2, -0.15) is 0 Å². The molecule has 0 unspecified atom stereocenters. The Morgan fingerprint density at radius 2 is 2.00 bits per heavy atom. The van der Waals surface area contributed by atoms with Gasteiger partial charge >= 0.3 is 11.2 Å². The molecule has 0 saturated heterocycles. The van der Waals surface area contributed by atoms with Crippen LogP contribution in [0.15, 0.2) is 41.3 Å². The van der Waals surface area contributed by atoms with Gasteiger partial charge in [0.25, 0.3) is 0 Å². The second-order valence-electron chi connectivity index (χ2n) is 4.83. The summed E-state index contributed by atoms with van der Waals surface area (Å²) in [6.45, 7) is 3.52. The van der Waals surface area contributed by atoms with Gasteiger partial charge in [-0.05, 0) is 25.5 Å². The zero-order chi connectivity index (χ0) is 15.6. The minimum Gasteiger partial charge on any atom is -0.302 e. The Balaban J connectivity index is 2.34. The van der Waals surface area contributed by atoms with Crippen LogP contribution in [-0.4, -0.2) is 15.3 Å². The lowest BCUT2D eigenvalue weighted by Gasteiger charge is -2.08. The number of aromatic nitrogens is 1. The fraction of sp³-hybridized carbons (Fsp3) is 0.200. The molecule has 1 aromatic carbocycles. The summed E-state index contributed by atoms with van der Waals surface area (Å²) in [4.78, 5) is 34.1. The molecule has 6 nitrogen and oxygen atoms in total. The van der Waals surface area contributed by atoms with Crippen LogP contribution in [0.4, 0.5) is 5.69 Å². The van der Waals surface area contributed by atoms with Crippen LogP contribution in [0.25, 0.3) is 0 Å². The lowest BCUT2D eigenvalue weighted by atomic mass is 10.0. The average molecular weight is 286 g/mol. The molecule has 0 fully saturated rings. The Kier molecular flexibility index (Phi) is 3.98. The molecule has 2 rings (SSSR count). The molecule has 108 valence electrons. The van der Waals surface area contributed by atoms with Crippen LogP contribution in [-0.2, 0) is 6.54 Å². The maximum absolute atomic E-state index is 12.3. The normalized spacial score (nSPS) is 10.4. The number of carbonyl (C=O) groups excluding carboxylic acids is 1. The molecule has 0 spiro atoms. The average Bonchev–Trinajstić information content (AvgIpc) is 2.40. The molecule has 6 heteroatoms. The largest absolute Gasteiger partial charge is 0.334 e. The highest BCUT2D eigenvalue weighted by Crippen LogP contribution is 2.12. The Hall–Kier alpha value is -2.76. The fourth-order valence-corrected chi connectivity index (χ4v) is 2.15. The predicted molar refractivity (Wildman–Crippen MR) is 77.6 cm³/mol. The van der Waals surface area contributed by atoms with Crippen molar-refractivity contribution in [2.75, 3.05) is 0 Å². The molecule has 0 aliphatic rings. The Bertz CT molecular complexity index is 777. The predicted octanol–water partition coefficient (Wildman–Crippen LogP) is 2.26. The smallest absolute Gasteiger partial charge is 0.302 e. The molecule has 1 heterocycles. The third kappa shape index (κ3) is 3.05. The van der Waals surface area contributed by atoms with Crippen molar-refractivity contribution < 1.29 is 9.72 Å². The van der Waals surface area contributed by atoms with Crippen molar-refractivity contribution in [3.63, 3.8) is 0 Å². The first-order valence-corrected chi connectivity index (χ1v) is 6.34. The van der Waals surface area contributed by atoms with E-state index < -0.39 is 16.2 Å². The van der Waals surface area contributed by atoms with Crippen molar-refractivity contribution in [1.29, 1.82) is 0 Å². The van der Waals surface area contributed by atoms with E-state index in [0.717, 1.165) is 21.8 Å². The second kappa shape index (κ2) is 5.70. The van der Waals surface area contributed by atoms with Crippen LogP contribution in [0, 0.1) is 24.0 Å². The Labute approximate surface area is 120 Å². The number of nitrogens with zero attached hydrogens (tertiary/aromatic N) is 2. The standard InChI is InChI=1S/C15H14N2O4/c1-10-5-6-12(11(2)8-10)14(18)9-16-7-3-4-13(15(16)19)17(20)21/h3-8H,9H2,1-2H3. The van der Waals surface area contributed by atoms with Crippen LogP contribution in [0.3, 0.4) is 0 Å². The quantitative estimate of drug-likeness (QED) is 0.490. The van der Waals surface area contributed by atoms with Crippen LogP contribution in [0.5, 0.6) is 0 Å². The van der Waals surface area contributed by atoms with E-state index in [0.29, 0.717) is 5.56 Å². The van der Waals surface area contributed by atoms with Crippen LogP contribution in [0.1, 0.15) is 21.5 Å². The summed E-state index contributed by atoms with van der Waals surface area (Å²) >= 11 is 0. The van der Waals surface area contributed by atoms with Gasteiger partial charge < -0.3 is 4.57 Å². The maximum Gasteiger partial charge on any atom is 0.334 e. The van der Waals surface area contributed by atoms with Gasteiger partial charge in [0.05, 0.1) is 11.5 Å². The van der Waals surface area contributed by atoms with Crippen molar-refractivity contribution in [3.05, 3.63) is 73.7 Å². The van der Waals surface area contributed by atoms with Gasteiger partial charge in [-0.3, -0.25) is 19.7 Å². The first-order valence-electron chi connectivity index (χ1n) is 6.34. The molecule has 1 aromatic heterocycles. The van der Waals surface area contributed by atoms with E-state index in [4.69, 9.17) is 0 Å². The fourth-order valence-electron chi connectivity index (χ4n) is 2.15. The molecule has 0 radical (unpaired) electrons. The van der Waals surface area contributed by atoms with E-state index in [1.165, 1.54) is 12.3 Å². The van der Waals surface area contributed by atoms with E-state index >= 15 is 0 Å². The Morgan fingerprint density at radius 3 is 2.62 bits per heavy atom. The number of Topliss-reactive ketones (excluding diaryl/α,β-unsaturated/α-hetero) is 1. The zero-order valence-corrected chi connectivity index (χ0v) is 11.7. The first-order chi connectivity index (χ1) is 9.90. The van der Waals surface area contributed by atoms with E-state index in [-0.39, 0.29) is 12.3 Å². The molecule has 0 N–H and O–H groups in total. The summed E-state index contributed by atoms with van der Waals surface area (Å²) in [5.74, 6) is -0.255. The number of pyridine rings is 1. The van der Waals surface area contributed by atoms with Gasteiger partial charge in [0.15, 0.2) is 5.78 Å². The van der Waals surface area contributed by atoms with E-state index in [9.17, 15) is 19.7 Å². The molecule has 0 aliphatic carbocycles. The number of hydrogen-bond donors (Lipinski definition) is 0. The van der Waals surface area contributed by atoms with Gasteiger partial charge in [-0.1, -0.05) is 23.8 Å². The number of aryl methyl sites for hydroxylation is 2. The molecule has 0 saturated carbocycles. The monoisotopic (exact) mass is 286 g/mol. The summed E-state index contributed by atoms with van der Waals surface area (Å²) in [6.07, 6.45) is 1.37.